The molecular formula is C24H29N4O2+. The van der Waals surface area contributed by atoms with Gasteiger partial charge in [0.2, 0.25) is 5.91 Å². The number of fused-ring (bicyclic) bond motifs is 1. The number of carbonyl (C=O) groups is 2. The third kappa shape index (κ3) is 3.92. The Balaban J connectivity index is 1.70. The van der Waals surface area contributed by atoms with Crippen LogP contribution in [0.15, 0.2) is 53.7 Å². The molecule has 1 aromatic carbocycles. The van der Waals surface area contributed by atoms with Crippen molar-refractivity contribution in [2.75, 3.05) is 4.90 Å². The number of nitrogens with two attached hydrogens (primary N) is 1. The molecule has 2 N–H and O–H groups in total. The zero-order chi connectivity index (χ0) is 21.5. The Morgan fingerprint density at radius 3 is 2.37 bits per heavy atom. The van der Waals surface area contributed by atoms with Gasteiger partial charge in [0.15, 0.2) is 0 Å². The number of pyridine rings is 1. The molecule has 1 aromatic heterocycles. The number of aromatic nitrogens is 1. The Morgan fingerprint density at radius 1 is 1.03 bits per heavy atom. The van der Waals surface area contributed by atoms with E-state index in [1.165, 1.54) is 4.90 Å². The van der Waals surface area contributed by atoms with Gasteiger partial charge < -0.3 is 5.32 Å². The van der Waals surface area contributed by atoms with Crippen molar-refractivity contribution in [2.45, 2.75) is 63.6 Å². The van der Waals surface area contributed by atoms with Gasteiger partial charge in [-0.2, -0.15) is 0 Å². The Bertz CT molecular complexity index is 981. The van der Waals surface area contributed by atoms with Crippen molar-refractivity contribution in [3.05, 3.63) is 59.8 Å². The molecule has 1 fully saturated rings. The number of imide groups is 1. The molecule has 6 nitrogen and oxygen atoms in total. The Labute approximate surface area is 177 Å². The number of piperidine rings is 1. The van der Waals surface area contributed by atoms with Crippen LogP contribution in [0, 0.1) is 0 Å². The normalized spacial score (nSPS) is 23.6. The number of hydrogen-bond donors (Lipinski definition) is 1. The molecule has 0 radical (unpaired) electrons. The summed E-state index contributed by atoms with van der Waals surface area (Å²) >= 11 is 0. The SMILES string of the molecule is CC1(C)CC(N=CC2C(=O)N(c3ccccn3)C(=O)c3ccccc32)CC(C)(C)[NH2+]1. The molecular weight excluding hydrogens is 376 g/mol. The van der Waals surface area contributed by atoms with Crippen LogP contribution in [0.2, 0.25) is 0 Å². The van der Waals surface area contributed by atoms with Crippen LogP contribution in [0.4, 0.5) is 5.82 Å². The average Bonchev–Trinajstić information content (AvgIpc) is 2.66. The van der Waals surface area contributed by atoms with Crippen LogP contribution in [-0.2, 0) is 4.79 Å². The molecule has 1 atom stereocenters. The van der Waals surface area contributed by atoms with Gasteiger partial charge in [0.1, 0.15) is 5.82 Å². The highest BCUT2D eigenvalue weighted by atomic mass is 16.2. The maximum atomic E-state index is 13.4. The summed E-state index contributed by atoms with van der Waals surface area (Å²) in [4.78, 5) is 36.8. The highest BCUT2D eigenvalue weighted by molar-refractivity contribution is 6.28. The lowest BCUT2D eigenvalue weighted by atomic mass is 9.80. The molecule has 6 heteroatoms. The second-order valence-corrected chi connectivity index (χ2v) is 9.71. The van der Waals surface area contributed by atoms with Crippen molar-refractivity contribution >= 4 is 23.8 Å². The van der Waals surface area contributed by atoms with E-state index in [-0.39, 0.29) is 28.9 Å². The Hall–Kier alpha value is -2.86. The van der Waals surface area contributed by atoms with E-state index in [9.17, 15) is 9.59 Å². The van der Waals surface area contributed by atoms with Crippen molar-refractivity contribution in [1.29, 1.82) is 0 Å². The van der Waals surface area contributed by atoms with Crippen molar-refractivity contribution in [3.8, 4) is 0 Å². The number of anilines is 1. The Morgan fingerprint density at radius 2 is 1.70 bits per heavy atom. The molecule has 0 saturated carbocycles. The standard InChI is InChI=1S/C24H28N4O2/c1-23(2)13-16(14-24(3,4)27-23)26-15-19-17-9-5-6-10-18(17)21(29)28(22(19)30)20-11-7-8-12-25-20/h5-12,15-16,19,27H,13-14H2,1-4H3/p+1. The van der Waals surface area contributed by atoms with Crippen LogP contribution in [0.1, 0.15) is 62.4 Å². The summed E-state index contributed by atoms with van der Waals surface area (Å²) in [6.45, 7) is 8.94. The molecule has 2 amide bonds. The summed E-state index contributed by atoms with van der Waals surface area (Å²) in [6, 6.07) is 12.6. The molecule has 0 aliphatic carbocycles. The van der Waals surface area contributed by atoms with Crippen LogP contribution < -0.4 is 10.2 Å². The minimum atomic E-state index is -0.599. The number of quaternary nitrogens is 1. The molecule has 156 valence electrons. The first kappa shape index (κ1) is 20.4. The quantitative estimate of drug-likeness (QED) is 0.630. The van der Waals surface area contributed by atoms with Crippen LogP contribution in [0.5, 0.6) is 0 Å². The summed E-state index contributed by atoms with van der Waals surface area (Å²) in [7, 11) is 0. The molecule has 0 spiro atoms. The number of nitrogens with zero attached hydrogens (tertiary/aromatic N) is 3. The maximum Gasteiger partial charge on any atom is 0.266 e. The first-order chi connectivity index (χ1) is 14.2. The fraction of sp³-hybridized carbons (Fsp3) is 0.417. The number of aliphatic imine (C=N–C) groups is 1. The topological polar surface area (TPSA) is 79.2 Å². The van der Waals surface area contributed by atoms with E-state index in [0.717, 1.165) is 12.8 Å². The van der Waals surface area contributed by atoms with Gasteiger partial charge in [-0.05, 0) is 51.5 Å². The van der Waals surface area contributed by atoms with Crippen molar-refractivity contribution in [3.63, 3.8) is 0 Å². The van der Waals surface area contributed by atoms with Crippen molar-refractivity contribution in [2.24, 2.45) is 4.99 Å². The summed E-state index contributed by atoms with van der Waals surface area (Å²) in [5, 5.41) is 2.41. The van der Waals surface area contributed by atoms with Gasteiger partial charge in [0.25, 0.3) is 5.91 Å². The van der Waals surface area contributed by atoms with E-state index >= 15 is 0 Å². The average molecular weight is 406 g/mol. The van der Waals surface area contributed by atoms with Gasteiger partial charge in [-0.25, -0.2) is 9.88 Å². The van der Waals surface area contributed by atoms with Crippen LogP contribution in [0.3, 0.4) is 0 Å². The van der Waals surface area contributed by atoms with E-state index in [1.807, 2.05) is 18.2 Å². The van der Waals surface area contributed by atoms with E-state index in [0.29, 0.717) is 16.9 Å². The predicted molar refractivity (Wildman–Crippen MR) is 117 cm³/mol. The molecule has 1 saturated heterocycles. The second-order valence-electron chi connectivity index (χ2n) is 9.71. The zero-order valence-corrected chi connectivity index (χ0v) is 18.0. The first-order valence-corrected chi connectivity index (χ1v) is 10.5. The number of rotatable bonds is 3. The Kier molecular flexibility index (Phi) is 5.06. The van der Waals surface area contributed by atoms with Crippen LogP contribution >= 0.6 is 0 Å². The smallest absolute Gasteiger partial charge is 0.266 e. The molecule has 0 bridgehead atoms. The second kappa shape index (κ2) is 7.43. The number of amides is 2. The highest BCUT2D eigenvalue weighted by Gasteiger charge is 2.43. The van der Waals surface area contributed by atoms with E-state index < -0.39 is 5.92 Å². The minimum Gasteiger partial charge on any atom is -0.337 e. The third-order valence-electron chi connectivity index (χ3n) is 5.85. The van der Waals surface area contributed by atoms with Crippen molar-refractivity contribution in [1.82, 2.24) is 4.98 Å². The summed E-state index contributed by atoms with van der Waals surface area (Å²) in [5.74, 6) is -0.900. The highest BCUT2D eigenvalue weighted by Crippen LogP contribution is 2.32. The lowest BCUT2D eigenvalue weighted by molar-refractivity contribution is -0.787. The third-order valence-corrected chi connectivity index (χ3v) is 5.85. The van der Waals surface area contributed by atoms with Gasteiger partial charge in [-0.1, -0.05) is 24.3 Å². The number of hydrogen-bond acceptors (Lipinski definition) is 4. The van der Waals surface area contributed by atoms with Gasteiger partial charge in [0, 0.05) is 30.8 Å². The molecule has 2 aromatic rings. The monoisotopic (exact) mass is 405 g/mol. The summed E-state index contributed by atoms with van der Waals surface area (Å²) in [5.41, 5.74) is 1.42. The lowest BCUT2D eigenvalue weighted by Crippen LogP contribution is -3.05. The summed E-state index contributed by atoms with van der Waals surface area (Å²) in [6.07, 6.45) is 5.23. The van der Waals surface area contributed by atoms with E-state index in [1.54, 1.807) is 36.7 Å². The predicted octanol–water partition coefficient (Wildman–Crippen LogP) is 2.71. The largest absolute Gasteiger partial charge is 0.337 e. The minimum absolute atomic E-state index is 0.0915. The number of carbonyl (C=O) groups excluding carboxylic acids is 2. The van der Waals surface area contributed by atoms with Gasteiger partial charge in [-0.15, -0.1) is 0 Å². The fourth-order valence-electron chi connectivity index (χ4n) is 5.08. The molecule has 30 heavy (non-hydrogen) atoms. The maximum absolute atomic E-state index is 13.4. The lowest BCUT2D eigenvalue weighted by Gasteiger charge is -2.41. The molecule has 2 aliphatic heterocycles. The molecule has 4 rings (SSSR count). The molecule has 1 unspecified atom stereocenters. The fourth-order valence-corrected chi connectivity index (χ4v) is 5.08. The molecule has 2 aliphatic rings. The van der Waals surface area contributed by atoms with E-state index in [4.69, 9.17) is 4.99 Å². The number of benzene rings is 1. The van der Waals surface area contributed by atoms with E-state index in [2.05, 4.69) is 38.0 Å². The van der Waals surface area contributed by atoms with Crippen LogP contribution in [-0.4, -0.2) is 40.1 Å². The van der Waals surface area contributed by atoms with Gasteiger partial charge in [-0.3, -0.25) is 14.6 Å². The zero-order valence-electron chi connectivity index (χ0n) is 18.0. The van der Waals surface area contributed by atoms with Crippen LogP contribution in [0.25, 0.3) is 0 Å². The molecule has 3 heterocycles. The first-order valence-electron chi connectivity index (χ1n) is 10.5. The van der Waals surface area contributed by atoms with Gasteiger partial charge >= 0.3 is 0 Å². The summed E-state index contributed by atoms with van der Waals surface area (Å²) < 4.78 is 0. The van der Waals surface area contributed by atoms with Crippen molar-refractivity contribution < 1.29 is 14.9 Å². The van der Waals surface area contributed by atoms with Gasteiger partial charge in [0.05, 0.1) is 23.0 Å².